The van der Waals surface area contributed by atoms with Crippen LogP contribution in [0, 0.1) is 5.82 Å². The number of rotatable bonds is 6. The van der Waals surface area contributed by atoms with Crippen LogP contribution in [0.1, 0.15) is 37.0 Å². The molecule has 0 spiro atoms. The lowest BCUT2D eigenvalue weighted by molar-refractivity contribution is 0.166. The third kappa shape index (κ3) is 3.20. The van der Waals surface area contributed by atoms with Crippen molar-refractivity contribution in [2.45, 2.75) is 32.4 Å². The largest absolute Gasteiger partial charge is 0.494 e. The zero-order chi connectivity index (χ0) is 14.5. The van der Waals surface area contributed by atoms with Gasteiger partial charge in [-0.15, -0.1) is 0 Å². The highest BCUT2D eigenvalue weighted by atomic mass is 19.1. The number of aromatic nitrogens is 1. The van der Waals surface area contributed by atoms with Crippen molar-refractivity contribution in [1.82, 2.24) is 4.57 Å². The Morgan fingerprint density at radius 3 is 2.85 bits per heavy atom. The molecule has 1 aromatic carbocycles. The molecule has 1 N–H and O–H groups in total. The molecule has 0 bridgehead atoms. The van der Waals surface area contributed by atoms with Gasteiger partial charge in [-0.2, -0.15) is 0 Å². The molecule has 0 aliphatic heterocycles. The predicted molar refractivity (Wildman–Crippen MR) is 76.4 cm³/mol. The molecule has 0 fully saturated rings. The molecule has 0 aliphatic rings. The zero-order valence-corrected chi connectivity index (χ0v) is 11.8. The maximum atomic E-state index is 14.1. The molecule has 0 saturated carbocycles. The number of aliphatic hydroxyl groups is 1. The molecule has 2 aromatic rings. The Balaban J connectivity index is 2.15. The Morgan fingerprint density at radius 1 is 1.35 bits per heavy atom. The van der Waals surface area contributed by atoms with Crippen molar-refractivity contribution in [2.24, 2.45) is 0 Å². The molecular weight excluding hydrogens is 257 g/mol. The number of methoxy groups -OCH3 is 1. The standard InChI is InChI=1S/C16H20FNO2/c1-3-5-14(19)12-8-9-18(10-12)11-13-6-4-7-15(20-2)16(13)17/h4,6-10,14,19H,3,5,11H2,1-2H3. The van der Waals surface area contributed by atoms with E-state index in [2.05, 4.69) is 0 Å². The summed E-state index contributed by atoms with van der Waals surface area (Å²) >= 11 is 0. The van der Waals surface area contributed by atoms with Gasteiger partial charge in [0.25, 0.3) is 0 Å². The van der Waals surface area contributed by atoms with Crippen molar-refractivity contribution in [3.8, 4) is 5.75 Å². The number of hydrogen-bond acceptors (Lipinski definition) is 2. The van der Waals surface area contributed by atoms with Crippen molar-refractivity contribution >= 4 is 0 Å². The van der Waals surface area contributed by atoms with Crippen LogP contribution in [0.2, 0.25) is 0 Å². The summed E-state index contributed by atoms with van der Waals surface area (Å²) < 4.78 is 20.9. The molecule has 0 saturated heterocycles. The first-order chi connectivity index (χ1) is 9.65. The van der Waals surface area contributed by atoms with Gasteiger partial charge < -0.3 is 14.4 Å². The highest BCUT2D eigenvalue weighted by molar-refractivity contribution is 5.31. The molecule has 0 aliphatic carbocycles. The first-order valence-electron chi connectivity index (χ1n) is 6.80. The van der Waals surface area contributed by atoms with E-state index in [-0.39, 0.29) is 11.6 Å². The molecular formula is C16H20FNO2. The number of nitrogens with zero attached hydrogens (tertiary/aromatic N) is 1. The van der Waals surface area contributed by atoms with Gasteiger partial charge in [0.15, 0.2) is 11.6 Å². The second-order valence-corrected chi connectivity index (χ2v) is 4.86. The highest BCUT2D eigenvalue weighted by Gasteiger charge is 2.11. The molecule has 0 amide bonds. The Labute approximate surface area is 118 Å². The molecule has 1 atom stereocenters. The van der Waals surface area contributed by atoms with Crippen molar-refractivity contribution in [3.05, 3.63) is 53.6 Å². The summed E-state index contributed by atoms with van der Waals surface area (Å²) in [6, 6.07) is 6.98. The summed E-state index contributed by atoms with van der Waals surface area (Å²) in [4.78, 5) is 0. The molecule has 1 unspecified atom stereocenters. The van der Waals surface area contributed by atoms with Crippen LogP contribution >= 0.6 is 0 Å². The highest BCUT2D eigenvalue weighted by Crippen LogP contribution is 2.22. The summed E-state index contributed by atoms with van der Waals surface area (Å²) in [7, 11) is 1.46. The van der Waals surface area contributed by atoms with E-state index in [1.165, 1.54) is 7.11 Å². The second kappa shape index (κ2) is 6.57. The summed E-state index contributed by atoms with van der Waals surface area (Å²) in [5, 5.41) is 9.93. The van der Waals surface area contributed by atoms with Gasteiger partial charge in [-0.25, -0.2) is 4.39 Å². The lowest BCUT2D eigenvalue weighted by Crippen LogP contribution is -2.01. The molecule has 2 rings (SSSR count). The minimum absolute atomic E-state index is 0.251. The van der Waals surface area contributed by atoms with Crippen molar-refractivity contribution < 1.29 is 14.2 Å². The number of aliphatic hydroxyl groups excluding tert-OH is 1. The quantitative estimate of drug-likeness (QED) is 0.876. The van der Waals surface area contributed by atoms with Gasteiger partial charge in [0, 0.05) is 18.0 Å². The summed E-state index contributed by atoms with van der Waals surface area (Å²) in [5.74, 6) is -0.0831. The maximum Gasteiger partial charge on any atom is 0.170 e. The maximum absolute atomic E-state index is 14.1. The van der Waals surface area contributed by atoms with Crippen LogP contribution in [-0.2, 0) is 6.54 Å². The third-order valence-electron chi connectivity index (χ3n) is 3.34. The predicted octanol–water partition coefficient (Wildman–Crippen LogP) is 3.52. The van der Waals surface area contributed by atoms with Crippen LogP contribution in [0.4, 0.5) is 4.39 Å². The molecule has 1 heterocycles. The fourth-order valence-corrected chi connectivity index (χ4v) is 2.23. The van der Waals surface area contributed by atoms with Crippen LogP contribution in [0.25, 0.3) is 0 Å². The van der Waals surface area contributed by atoms with Gasteiger partial charge in [-0.05, 0) is 24.1 Å². The molecule has 4 heteroatoms. The fourth-order valence-electron chi connectivity index (χ4n) is 2.23. The van der Waals surface area contributed by atoms with Crippen LogP contribution < -0.4 is 4.74 Å². The molecule has 108 valence electrons. The van der Waals surface area contributed by atoms with Crippen molar-refractivity contribution in [1.29, 1.82) is 0 Å². The van der Waals surface area contributed by atoms with Gasteiger partial charge in [-0.3, -0.25) is 0 Å². The van der Waals surface area contributed by atoms with Crippen molar-refractivity contribution in [2.75, 3.05) is 7.11 Å². The Hall–Kier alpha value is -1.81. The van der Waals surface area contributed by atoms with Gasteiger partial charge in [0.2, 0.25) is 0 Å². The van der Waals surface area contributed by atoms with Gasteiger partial charge in [0.05, 0.1) is 19.8 Å². The van der Waals surface area contributed by atoms with Crippen molar-refractivity contribution in [3.63, 3.8) is 0 Å². The van der Waals surface area contributed by atoms with E-state index in [1.807, 2.05) is 30.0 Å². The van der Waals surface area contributed by atoms with Crippen LogP contribution in [-0.4, -0.2) is 16.8 Å². The Kier molecular flexibility index (Phi) is 4.79. The van der Waals surface area contributed by atoms with E-state index in [1.54, 1.807) is 18.2 Å². The number of benzene rings is 1. The van der Waals surface area contributed by atoms with E-state index in [9.17, 15) is 9.50 Å². The topological polar surface area (TPSA) is 34.4 Å². The first kappa shape index (κ1) is 14.6. The summed E-state index contributed by atoms with van der Waals surface area (Å²) in [5.41, 5.74) is 1.44. The van der Waals surface area contributed by atoms with E-state index in [4.69, 9.17) is 4.74 Å². The van der Waals surface area contributed by atoms with Gasteiger partial charge >= 0.3 is 0 Å². The number of hydrogen-bond donors (Lipinski definition) is 1. The van der Waals surface area contributed by atoms with E-state index < -0.39 is 6.10 Å². The minimum Gasteiger partial charge on any atom is -0.494 e. The smallest absolute Gasteiger partial charge is 0.170 e. The molecule has 20 heavy (non-hydrogen) atoms. The summed E-state index contributed by atoms with van der Waals surface area (Å²) in [6.07, 6.45) is 4.93. The van der Waals surface area contributed by atoms with Crippen LogP contribution in [0.5, 0.6) is 5.75 Å². The monoisotopic (exact) mass is 277 g/mol. The van der Waals surface area contributed by atoms with Gasteiger partial charge in [0.1, 0.15) is 0 Å². The first-order valence-corrected chi connectivity index (χ1v) is 6.80. The number of halogens is 1. The number of ether oxygens (including phenoxy) is 1. The van der Waals surface area contributed by atoms with E-state index >= 15 is 0 Å². The normalized spacial score (nSPS) is 12.4. The fraction of sp³-hybridized carbons (Fsp3) is 0.375. The third-order valence-corrected chi connectivity index (χ3v) is 3.34. The van der Waals surface area contributed by atoms with E-state index in [0.717, 1.165) is 18.4 Å². The lowest BCUT2D eigenvalue weighted by Gasteiger charge is -2.09. The lowest BCUT2D eigenvalue weighted by atomic mass is 10.1. The molecule has 0 radical (unpaired) electrons. The minimum atomic E-state index is -0.448. The van der Waals surface area contributed by atoms with Crippen LogP contribution in [0.15, 0.2) is 36.7 Å². The SMILES string of the molecule is CCCC(O)c1ccn(Cc2cccc(OC)c2F)c1. The Bertz CT molecular complexity index is 565. The van der Waals surface area contributed by atoms with E-state index in [0.29, 0.717) is 12.1 Å². The zero-order valence-electron chi connectivity index (χ0n) is 11.8. The average Bonchev–Trinajstić information content (AvgIpc) is 2.90. The Morgan fingerprint density at radius 2 is 2.15 bits per heavy atom. The average molecular weight is 277 g/mol. The molecule has 1 aromatic heterocycles. The van der Waals surface area contributed by atoms with Gasteiger partial charge in [-0.1, -0.05) is 25.5 Å². The molecule has 3 nitrogen and oxygen atoms in total. The second-order valence-electron chi connectivity index (χ2n) is 4.86. The van der Waals surface area contributed by atoms with Crippen LogP contribution in [0.3, 0.4) is 0 Å². The summed E-state index contributed by atoms with van der Waals surface area (Å²) in [6.45, 7) is 2.45.